The molecule has 1 rings (SSSR count). The summed E-state index contributed by atoms with van der Waals surface area (Å²) in [5.41, 5.74) is 3.17. The normalized spacial score (nSPS) is 25.4. The molecule has 1 atom stereocenters. The summed E-state index contributed by atoms with van der Waals surface area (Å²) in [6, 6.07) is 0. The maximum atomic E-state index is 13.1. The van der Waals surface area contributed by atoms with Gasteiger partial charge in [0.2, 0.25) is 5.91 Å². The van der Waals surface area contributed by atoms with E-state index in [1.807, 2.05) is 6.92 Å². The summed E-state index contributed by atoms with van der Waals surface area (Å²) in [6.45, 7) is 1.52. The standard InChI is InChI=1S/C11H19F3N2O/c1-2-3-5-9(17)16-7-4-6-10(16,8-15)11(12,13)14/h2-8,15H2,1H3. The molecule has 1 unspecified atom stereocenters. The van der Waals surface area contributed by atoms with E-state index in [0.717, 1.165) is 11.3 Å². The highest BCUT2D eigenvalue weighted by Gasteiger charge is 2.60. The number of carbonyl (C=O) groups excluding carboxylic acids is 1. The molecule has 6 heteroatoms. The van der Waals surface area contributed by atoms with E-state index < -0.39 is 24.2 Å². The number of alkyl halides is 3. The summed E-state index contributed by atoms with van der Waals surface area (Å²) in [4.78, 5) is 12.7. The van der Waals surface area contributed by atoms with Gasteiger partial charge in [0.05, 0.1) is 0 Å². The molecule has 100 valence electrons. The third-order valence-corrected chi connectivity index (χ3v) is 3.40. The van der Waals surface area contributed by atoms with E-state index in [1.165, 1.54) is 0 Å². The highest BCUT2D eigenvalue weighted by molar-refractivity contribution is 5.77. The Morgan fingerprint density at radius 2 is 2.12 bits per heavy atom. The van der Waals surface area contributed by atoms with E-state index in [0.29, 0.717) is 12.8 Å². The number of nitrogens with two attached hydrogens (primary N) is 1. The summed E-state index contributed by atoms with van der Waals surface area (Å²) in [7, 11) is 0. The Bertz CT molecular complexity index is 280. The van der Waals surface area contributed by atoms with Crippen molar-refractivity contribution in [3.63, 3.8) is 0 Å². The van der Waals surface area contributed by atoms with Gasteiger partial charge in [-0.25, -0.2) is 0 Å². The average Bonchev–Trinajstić information content (AvgIpc) is 2.69. The van der Waals surface area contributed by atoms with E-state index in [9.17, 15) is 18.0 Å². The van der Waals surface area contributed by atoms with Gasteiger partial charge < -0.3 is 10.6 Å². The molecule has 0 aromatic heterocycles. The second kappa shape index (κ2) is 5.25. The Balaban J connectivity index is 2.86. The molecule has 1 aliphatic rings. The van der Waals surface area contributed by atoms with Crippen molar-refractivity contribution in [3.8, 4) is 0 Å². The van der Waals surface area contributed by atoms with Crippen LogP contribution in [0, 0.1) is 0 Å². The molecule has 1 saturated heterocycles. The largest absolute Gasteiger partial charge is 0.412 e. The van der Waals surface area contributed by atoms with Crippen LogP contribution in [0.3, 0.4) is 0 Å². The molecule has 0 aromatic carbocycles. The molecule has 0 saturated carbocycles. The van der Waals surface area contributed by atoms with Crippen LogP contribution in [-0.2, 0) is 4.79 Å². The van der Waals surface area contributed by atoms with Crippen LogP contribution in [0.2, 0.25) is 0 Å². The monoisotopic (exact) mass is 252 g/mol. The Morgan fingerprint density at radius 3 is 2.59 bits per heavy atom. The third-order valence-electron chi connectivity index (χ3n) is 3.40. The molecule has 1 heterocycles. The van der Waals surface area contributed by atoms with Crippen molar-refractivity contribution in [3.05, 3.63) is 0 Å². The van der Waals surface area contributed by atoms with Gasteiger partial charge in [-0.1, -0.05) is 13.3 Å². The van der Waals surface area contributed by atoms with Crippen molar-refractivity contribution in [2.24, 2.45) is 5.73 Å². The van der Waals surface area contributed by atoms with E-state index in [-0.39, 0.29) is 19.4 Å². The number of nitrogens with zero attached hydrogens (tertiary/aromatic N) is 1. The van der Waals surface area contributed by atoms with Crippen LogP contribution in [0.5, 0.6) is 0 Å². The van der Waals surface area contributed by atoms with Crippen molar-refractivity contribution in [2.75, 3.05) is 13.1 Å². The minimum Gasteiger partial charge on any atom is -0.328 e. The van der Waals surface area contributed by atoms with Crippen LogP contribution in [0.1, 0.15) is 39.0 Å². The van der Waals surface area contributed by atoms with Crippen LogP contribution in [0.4, 0.5) is 13.2 Å². The fourth-order valence-corrected chi connectivity index (χ4v) is 2.33. The number of hydrogen-bond donors (Lipinski definition) is 1. The second-order valence-corrected chi connectivity index (χ2v) is 4.49. The SMILES string of the molecule is CCCCC(=O)N1CCCC1(CN)C(F)(F)F. The molecule has 1 aliphatic heterocycles. The van der Waals surface area contributed by atoms with E-state index >= 15 is 0 Å². The van der Waals surface area contributed by atoms with Gasteiger partial charge in [0.15, 0.2) is 5.54 Å². The number of rotatable bonds is 4. The minimum absolute atomic E-state index is 0.0785. The third kappa shape index (κ3) is 2.56. The van der Waals surface area contributed by atoms with E-state index in [2.05, 4.69) is 0 Å². The number of unbranched alkanes of at least 4 members (excludes halogenated alkanes) is 1. The lowest BCUT2D eigenvalue weighted by Crippen LogP contribution is -2.61. The quantitative estimate of drug-likeness (QED) is 0.832. The Kier molecular flexibility index (Phi) is 4.41. The summed E-state index contributed by atoms with van der Waals surface area (Å²) in [5, 5.41) is 0. The molecule has 0 spiro atoms. The number of carbonyl (C=O) groups is 1. The van der Waals surface area contributed by atoms with E-state index in [1.54, 1.807) is 0 Å². The molecule has 1 amide bonds. The molecular weight excluding hydrogens is 233 g/mol. The van der Waals surface area contributed by atoms with Crippen LogP contribution in [0.15, 0.2) is 0 Å². The summed E-state index contributed by atoms with van der Waals surface area (Å²) < 4.78 is 39.2. The van der Waals surface area contributed by atoms with Crippen LogP contribution < -0.4 is 5.73 Å². The minimum atomic E-state index is -4.44. The van der Waals surface area contributed by atoms with Crippen molar-refractivity contribution in [1.82, 2.24) is 4.90 Å². The van der Waals surface area contributed by atoms with Gasteiger partial charge in [0.1, 0.15) is 0 Å². The lowest BCUT2D eigenvalue weighted by atomic mass is 9.95. The van der Waals surface area contributed by atoms with Crippen molar-refractivity contribution < 1.29 is 18.0 Å². The van der Waals surface area contributed by atoms with Crippen LogP contribution in [-0.4, -0.2) is 35.6 Å². The lowest BCUT2D eigenvalue weighted by Gasteiger charge is -2.39. The predicted octanol–water partition coefficient (Wildman–Crippen LogP) is 2.06. The Morgan fingerprint density at radius 1 is 1.47 bits per heavy atom. The molecule has 17 heavy (non-hydrogen) atoms. The van der Waals surface area contributed by atoms with Crippen molar-refractivity contribution >= 4 is 5.91 Å². The molecule has 1 fully saturated rings. The number of halogens is 3. The second-order valence-electron chi connectivity index (χ2n) is 4.49. The number of hydrogen-bond acceptors (Lipinski definition) is 2. The molecule has 3 nitrogen and oxygen atoms in total. The average molecular weight is 252 g/mol. The van der Waals surface area contributed by atoms with Crippen molar-refractivity contribution in [1.29, 1.82) is 0 Å². The summed E-state index contributed by atoms with van der Waals surface area (Å²) in [6.07, 6.45) is -2.57. The first-order valence-corrected chi connectivity index (χ1v) is 5.96. The van der Waals surface area contributed by atoms with Gasteiger partial charge in [-0.05, 0) is 19.3 Å². The van der Waals surface area contributed by atoms with E-state index in [4.69, 9.17) is 5.73 Å². The number of amides is 1. The van der Waals surface area contributed by atoms with Crippen molar-refractivity contribution in [2.45, 2.75) is 50.7 Å². The highest BCUT2D eigenvalue weighted by atomic mass is 19.4. The first-order valence-electron chi connectivity index (χ1n) is 5.96. The van der Waals surface area contributed by atoms with Gasteiger partial charge in [-0.15, -0.1) is 0 Å². The first kappa shape index (κ1) is 14.3. The smallest absolute Gasteiger partial charge is 0.328 e. The van der Waals surface area contributed by atoms with Crippen LogP contribution >= 0.6 is 0 Å². The predicted molar refractivity (Wildman–Crippen MR) is 58.3 cm³/mol. The molecule has 0 bridgehead atoms. The maximum Gasteiger partial charge on any atom is 0.412 e. The zero-order chi connectivity index (χ0) is 13.1. The van der Waals surface area contributed by atoms with Gasteiger partial charge in [-0.3, -0.25) is 4.79 Å². The Labute approximate surface area is 99.1 Å². The number of likely N-dealkylation sites (tertiary alicyclic amines) is 1. The van der Waals surface area contributed by atoms with Gasteiger partial charge in [-0.2, -0.15) is 13.2 Å². The fraction of sp³-hybridized carbons (Fsp3) is 0.909. The molecule has 0 radical (unpaired) electrons. The summed E-state index contributed by atoms with van der Waals surface area (Å²) >= 11 is 0. The lowest BCUT2D eigenvalue weighted by molar-refractivity contribution is -0.220. The molecule has 2 N–H and O–H groups in total. The maximum absolute atomic E-state index is 13.1. The topological polar surface area (TPSA) is 46.3 Å². The fourth-order valence-electron chi connectivity index (χ4n) is 2.33. The molecule has 0 aliphatic carbocycles. The van der Waals surface area contributed by atoms with Gasteiger partial charge >= 0.3 is 6.18 Å². The first-order chi connectivity index (χ1) is 7.89. The molecule has 0 aromatic rings. The molecular formula is C11H19F3N2O. The van der Waals surface area contributed by atoms with Crippen LogP contribution in [0.25, 0.3) is 0 Å². The zero-order valence-electron chi connectivity index (χ0n) is 10.0. The highest BCUT2D eigenvalue weighted by Crippen LogP contribution is 2.42. The Hall–Kier alpha value is -0.780. The zero-order valence-corrected chi connectivity index (χ0v) is 10.0. The van der Waals surface area contributed by atoms with Gasteiger partial charge in [0.25, 0.3) is 0 Å². The summed E-state index contributed by atoms with van der Waals surface area (Å²) in [5.74, 6) is -0.424. The van der Waals surface area contributed by atoms with Gasteiger partial charge in [0, 0.05) is 19.5 Å².